The van der Waals surface area contributed by atoms with Gasteiger partial charge < -0.3 is 14.4 Å². The second-order valence-corrected chi connectivity index (χ2v) is 18.9. The largest absolute Gasteiger partial charge is 0.423 e. The van der Waals surface area contributed by atoms with Gasteiger partial charge in [0.15, 0.2) is 8.32 Å². The number of aromatic amines is 2. The van der Waals surface area contributed by atoms with Crippen molar-refractivity contribution in [3.8, 4) is 0 Å². The van der Waals surface area contributed by atoms with Crippen LogP contribution < -0.4 is 0 Å². The first-order chi connectivity index (χ1) is 23.1. The lowest BCUT2D eigenvalue weighted by molar-refractivity contribution is -0.284. The molecule has 8 bridgehead atoms. The van der Waals surface area contributed by atoms with Crippen molar-refractivity contribution >= 4 is 41.5 Å². The number of H-pyrrole nitrogens is 2. The molecule has 0 saturated heterocycles. The maximum Gasteiger partial charge on any atom is 0.423 e. The molecule has 2 N–H and O–H groups in total. The quantitative estimate of drug-likeness (QED) is 0.208. The molecule has 266 valence electrons. The van der Waals surface area contributed by atoms with Crippen molar-refractivity contribution in [1.29, 1.82) is 0 Å². The summed E-state index contributed by atoms with van der Waals surface area (Å²) in [5, 5.41) is 0. The molecule has 2 aliphatic rings. The summed E-state index contributed by atoms with van der Waals surface area (Å²) in [5.74, 6) is 0. The Kier molecular flexibility index (Phi) is 10.2. The Bertz CT molecular complexity index is 1920. The zero-order chi connectivity index (χ0) is 36.1. The molecule has 0 spiro atoms. The molecule has 5 heterocycles. The topological polar surface area (TPSA) is 66.6 Å². The zero-order valence-electron chi connectivity index (χ0n) is 31.4. The first kappa shape index (κ1) is 37.1. The highest BCUT2D eigenvalue weighted by atomic mass is 28.4. The predicted molar refractivity (Wildman–Crippen MR) is 200 cm³/mol. The summed E-state index contributed by atoms with van der Waals surface area (Å²) in [7, 11) is -2.81. The molecule has 9 heteroatoms. The molecular formula is C40H55F3N4OSi. The van der Waals surface area contributed by atoms with Crippen molar-refractivity contribution in [2.24, 2.45) is 0 Å². The summed E-state index contributed by atoms with van der Waals surface area (Å²) in [6, 6.07) is 7.81. The van der Waals surface area contributed by atoms with E-state index in [0.717, 1.165) is 82.3 Å². The first-order valence-electron chi connectivity index (χ1n) is 18.4. The molecule has 0 amide bonds. The minimum absolute atomic E-state index is 0.0713. The number of alkyl halides is 3. The third-order valence-corrected chi connectivity index (χ3v) is 11.8. The van der Waals surface area contributed by atoms with Crippen LogP contribution in [0.2, 0.25) is 19.6 Å². The number of hydrogen-bond acceptors (Lipinski definition) is 3. The molecule has 0 aliphatic carbocycles. The van der Waals surface area contributed by atoms with Gasteiger partial charge in [0, 0.05) is 22.1 Å². The second kappa shape index (κ2) is 13.5. The molecule has 2 aliphatic heterocycles. The van der Waals surface area contributed by atoms with Crippen LogP contribution >= 0.6 is 0 Å². The summed E-state index contributed by atoms with van der Waals surface area (Å²) in [4.78, 5) is 17.5. The average molecular weight is 693 g/mol. The third-order valence-electron chi connectivity index (χ3n) is 10.9. The van der Waals surface area contributed by atoms with Gasteiger partial charge in [0.25, 0.3) is 0 Å². The fourth-order valence-corrected chi connectivity index (χ4v) is 10.1. The summed E-state index contributed by atoms with van der Waals surface area (Å²) in [5.41, 5.74) is 8.26. The van der Waals surface area contributed by atoms with Gasteiger partial charge in [-0.2, -0.15) is 13.2 Å². The molecule has 3 aromatic heterocycles. The number of fused-ring (bicyclic) bond motifs is 8. The molecule has 0 saturated carbocycles. The monoisotopic (exact) mass is 692 g/mol. The lowest BCUT2D eigenvalue weighted by Crippen LogP contribution is -2.60. The van der Waals surface area contributed by atoms with Gasteiger partial charge in [0.05, 0.1) is 28.2 Å². The van der Waals surface area contributed by atoms with Gasteiger partial charge in [-0.05, 0) is 129 Å². The predicted octanol–water partition coefficient (Wildman–Crippen LogP) is 11.7. The summed E-state index contributed by atoms with van der Waals surface area (Å²) in [6.07, 6.45) is 0.281. The van der Waals surface area contributed by atoms with Gasteiger partial charge in [0.1, 0.15) is 0 Å². The van der Waals surface area contributed by atoms with Gasteiger partial charge in [0.2, 0.25) is 5.60 Å². The Balaban J connectivity index is 2.13. The Morgan fingerprint density at radius 3 is 1.31 bits per heavy atom. The summed E-state index contributed by atoms with van der Waals surface area (Å²) in [6.45, 7) is 22.0. The van der Waals surface area contributed by atoms with Crippen molar-refractivity contribution in [1.82, 2.24) is 19.9 Å². The third kappa shape index (κ3) is 5.82. The van der Waals surface area contributed by atoms with E-state index in [0.29, 0.717) is 17.6 Å². The van der Waals surface area contributed by atoms with E-state index in [4.69, 9.17) is 14.4 Å². The van der Waals surface area contributed by atoms with E-state index in [1.807, 2.05) is 39.6 Å². The lowest BCUT2D eigenvalue weighted by Gasteiger charge is -2.48. The van der Waals surface area contributed by atoms with Crippen LogP contribution in [0, 0.1) is 0 Å². The van der Waals surface area contributed by atoms with Crippen LogP contribution in [-0.2, 0) is 41.1 Å². The molecule has 1 atom stereocenters. The highest BCUT2D eigenvalue weighted by Crippen LogP contribution is 2.61. The number of nitrogens with one attached hydrogen (secondary N) is 2. The molecule has 5 nitrogen and oxygen atoms in total. The summed E-state index contributed by atoms with van der Waals surface area (Å²) >= 11 is 0. The maximum absolute atomic E-state index is 16.2. The molecule has 1 unspecified atom stereocenters. The average Bonchev–Trinajstić information content (AvgIpc) is 3.73. The van der Waals surface area contributed by atoms with E-state index in [2.05, 4.69) is 63.6 Å². The van der Waals surface area contributed by atoms with Gasteiger partial charge in [-0.3, -0.25) is 4.98 Å². The van der Waals surface area contributed by atoms with Crippen LogP contribution in [0.25, 0.3) is 33.2 Å². The Labute approximate surface area is 291 Å². The van der Waals surface area contributed by atoms with E-state index >= 15 is 13.2 Å². The van der Waals surface area contributed by atoms with Crippen LogP contribution in [-0.4, -0.2) is 34.4 Å². The number of rotatable bonds is 10. The van der Waals surface area contributed by atoms with Crippen LogP contribution in [0.5, 0.6) is 0 Å². The van der Waals surface area contributed by atoms with Crippen molar-refractivity contribution in [2.75, 3.05) is 0 Å². The Morgan fingerprint density at radius 1 is 0.592 bits per heavy atom. The molecular weight excluding hydrogens is 638 g/mol. The molecule has 3 aromatic rings. The van der Waals surface area contributed by atoms with E-state index in [1.165, 1.54) is 11.1 Å². The minimum Gasteiger partial charge on any atom is -0.399 e. The van der Waals surface area contributed by atoms with E-state index < -0.39 is 25.5 Å². The van der Waals surface area contributed by atoms with Crippen molar-refractivity contribution < 1.29 is 17.6 Å². The zero-order valence-corrected chi connectivity index (χ0v) is 32.4. The second-order valence-electron chi connectivity index (χ2n) is 14.4. The number of halogens is 3. The van der Waals surface area contributed by atoms with E-state index in [9.17, 15) is 0 Å². The SMILES string of the molecule is CCC1=C(CC)c2cc3[nH]c(cc4nc(cc5[nH]c(cc1n2)c(CC)c5CC)C(CC)(CC)C4(O[Si](C)(C)C)C(F)(F)F)c(CC)c3CC. The number of aromatic nitrogens is 4. The molecule has 49 heavy (non-hydrogen) atoms. The summed E-state index contributed by atoms with van der Waals surface area (Å²) < 4.78 is 55.3. The number of aryl methyl sites for hydroxylation is 4. The first-order valence-corrected chi connectivity index (χ1v) is 21.8. The standard InChI is InChI=1S/C40H55F3N4OSi/c1-12-24-25(13-2)31-21-33-27(15-4)29(17-6)35(46-33)23-37-39(40(41,42)43,48-49(9,10)11)38(18-7,19-8)36(47-37)22-34-28(16-5)26(14-3)32(45-34)20-30(24)44-31/h20-23,45-46H,12-19H2,1-11H3. The van der Waals surface area contributed by atoms with Crippen LogP contribution in [0.3, 0.4) is 0 Å². The number of nitrogens with zero attached hydrogens (tertiary/aromatic N) is 2. The minimum atomic E-state index is -4.73. The smallest absolute Gasteiger partial charge is 0.399 e. The highest BCUT2D eigenvalue weighted by Gasteiger charge is 2.72. The van der Waals surface area contributed by atoms with Crippen molar-refractivity contribution in [2.45, 2.75) is 144 Å². The van der Waals surface area contributed by atoms with Crippen molar-refractivity contribution in [3.05, 3.63) is 69.3 Å². The highest BCUT2D eigenvalue weighted by molar-refractivity contribution is 6.69. The molecule has 0 aromatic carbocycles. The molecule has 0 fully saturated rings. The number of hydrogen-bond donors (Lipinski definition) is 2. The maximum atomic E-state index is 16.2. The van der Waals surface area contributed by atoms with Crippen molar-refractivity contribution in [3.63, 3.8) is 0 Å². The molecule has 5 rings (SSSR count). The van der Waals surface area contributed by atoms with Crippen LogP contribution in [0.15, 0.2) is 24.3 Å². The fraction of sp³-hybridized carbons (Fsp3) is 0.550. The Hall–Kier alpha value is -3.17. The molecule has 0 radical (unpaired) electrons. The van der Waals surface area contributed by atoms with Gasteiger partial charge in [-0.25, -0.2) is 4.98 Å². The number of allylic oxidation sites excluding steroid dienone is 2. The van der Waals surface area contributed by atoms with E-state index in [1.54, 1.807) is 6.07 Å². The van der Waals surface area contributed by atoms with Crippen LogP contribution in [0.4, 0.5) is 13.2 Å². The normalized spacial score (nSPS) is 18.1. The van der Waals surface area contributed by atoms with E-state index in [-0.39, 0.29) is 18.5 Å². The van der Waals surface area contributed by atoms with Gasteiger partial charge >= 0.3 is 6.18 Å². The lowest BCUT2D eigenvalue weighted by atomic mass is 9.66. The van der Waals surface area contributed by atoms with Crippen LogP contribution in [0.1, 0.15) is 126 Å². The van der Waals surface area contributed by atoms with Gasteiger partial charge in [-0.1, -0.05) is 55.4 Å². The Morgan fingerprint density at radius 2 is 0.980 bits per heavy atom. The van der Waals surface area contributed by atoms with Gasteiger partial charge in [-0.15, -0.1) is 0 Å². The fourth-order valence-electron chi connectivity index (χ4n) is 8.74.